The molecule has 0 bridgehead atoms. The number of hydrogen-bond donors (Lipinski definition) is 1. The zero-order valence-electron chi connectivity index (χ0n) is 9.31. The highest BCUT2D eigenvalue weighted by molar-refractivity contribution is 5.56. The summed E-state index contributed by atoms with van der Waals surface area (Å²) in [6.45, 7) is 1.90. The van der Waals surface area contributed by atoms with Crippen molar-refractivity contribution in [3.8, 4) is 11.8 Å². The van der Waals surface area contributed by atoms with Crippen molar-refractivity contribution in [3.63, 3.8) is 0 Å². The molecule has 0 amide bonds. The van der Waals surface area contributed by atoms with E-state index in [0.29, 0.717) is 23.4 Å². The van der Waals surface area contributed by atoms with E-state index in [2.05, 4.69) is 5.10 Å². The quantitative estimate of drug-likeness (QED) is 0.858. The average molecular weight is 230 g/mol. The van der Waals surface area contributed by atoms with Gasteiger partial charge in [-0.15, -0.1) is 0 Å². The van der Waals surface area contributed by atoms with Gasteiger partial charge in [-0.25, -0.2) is 9.07 Å². The Morgan fingerprint density at radius 3 is 2.53 bits per heavy atom. The topological polar surface area (TPSA) is 67.6 Å². The lowest BCUT2D eigenvalue weighted by Gasteiger charge is -2.03. The molecule has 17 heavy (non-hydrogen) atoms. The van der Waals surface area contributed by atoms with Crippen LogP contribution in [0, 0.1) is 17.1 Å². The lowest BCUT2D eigenvalue weighted by atomic mass is 10.2. The Labute approximate surface area is 98.1 Å². The Balaban J connectivity index is 2.57. The second kappa shape index (κ2) is 4.26. The Morgan fingerprint density at radius 1 is 1.41 bits per heavy atom. The molecule has 0 fully saturated rings. The van der Waals surface area contributed by atoms with Crippen LogP contribution in [0.15, 0.2) is 24.3 Å². The third-order valence-electron chi connectivity index (χ3n) is 2.51. The van der Waals surface area contributed by atoms with Gasteiger partial charge in [-0.2, -0.15) is 10.4 Å². The van der Waals surface area contributed by atoms with E-state index >= 15 is 0 Å². The first kappa shape index (κ1) is 11.1. The van der Waals surface area contributed by atoms with Gasteiger partial charge >= 0.3 is 0 Å². The van der Waals surface area contributed by atoms with E-state index in [4.69, 9.17) is 11.0 Å². The Bertz CT molecular complexity index is 578. The summed E-state index contributed by atoms with van der Waals surface area (Å²) in [6.07, 6.45) is 0.626. The molecular weight excluding hydrogens is 219 g/mol. The van der Waals surface area contributed by atoms with Crippen LogP contribution in [0.1, 0.15) is 18.2 Å². The van der Waals surface area contributed by atoms with Crippen LogP contribution in [-0.4, -0.2) is 9.78 Å². The normalized spacial score (nSPS) is 10.2. The summed E-state index contributed by atoms with van der Waals surface area (Å²) in [5, 5.41) is 13.2. The molecule has 0 saturated carbocycles. The lowest BCUT2D eigenvalue weighted by molar-refractivity contribution is 0.627. The van der Waals surface area contributed by atoms with Gasteiger partial charge in [0.05, 0.1) is 11.4 Å². The van der Waals surface area contributed by atoms with E-state index in [0.717, 1.165) is 0 Å². The highest BCUT2D eigenvalue weighted by Gasteiger charge is 2.14. The maximum absolute atomic E-state index is 12.8. The van der Waals surface area contributed by atoms with Gasteiger partial charge in [-0.1, -0.05) is 6.92 Å². The molecule has 4 nitrogen and oxygen atoms in total. The van der Waals surface area contributed by atoms with Gasteiger partial charge in [-0.3, -0.25) is 0 Å². The molecular formula is C12H11FN4. The van der Waals surface area contributed by atoms with Crippen molar-refractivity contribution >= 4 is 5.82 Å². The number of hydrogen-bond acceptors (Lipinski definition) is 3. The molecule has 0 aliphatic heterocycles. The monoisotopic (exact) mass is 230 g/mol. The largest absolute Gasteiger partial charge is 0.382 e. The molecule has 2 aromatic rings. The van der Waals surface area contributed by atoms with Crippen LogP contribution in [0.25, 0.3) is 5.69 Å². The first-order chi connectivity index (χ1) is 8.17. The molecule has 5 heteroatoms. The maximum Gasteiger partial charge on any atom is 0.145 e. The second-order valence-corrected chi connectivity index (χ2v) is 3.56. The number of aromatic nitrogens is 2. The molecule has 0 aliphatic rings. The van der Waals surface area contributed by atoms with Gasteiger partial charge in [0.15, 0.2) is 0 Å². The molecule has 0 unspecified atom stereocenters. The van der Waals surface area contributed by atoms with E-state index in [9.17, 15) is 4.39 Å². The number of nitrogen functional groups attached to an aromatic ring is 1. The van der Waals surface area contributed by atoms with Crippen molar-refractivity contribution in [2.75, 3.05) is 5.73 Å². The van der Waals surface area contributed by atoms with Gasteiger partial charge < -0.3 is 5.73 Å². The van der Waals surface area contributed by atoms with Gasteiger partial charge in [0, 0.05) is 0 Å². The zero-order valence-corrected chi connectivity index (χ0v) is 9.31. The summed E-state index contributed by atoms with van der Waals surface area (Å²) >= 11 is 0. The number of rotatable bonds is 2. The van der Waals surface area contributed by atoms with Crippen molar-refractivity contribution < 1.29 is 4.39 Å². The maximum atomic E-state index is 12.8. The first-order valence-corrected chi connectivity index (χ1v) is 5.20. The standard InChI is InChI=1S/C12H11FN4/c1-2-11-10(7-14)12(15)17(16-11)9-5-3-8(13)4-6-9/h3-6H,2,15H2,1H3. The Hall–Kier alpha value is -2.35. The predicted octanol–water partition coefficient (Wildman–Crippen LogP) is 2.03. The van der Waals surface area contributed by atoms with Crippen LogP contribution >= 0.6 is 0 Å². The number of anilines is 1. The average Bonchev–Trinajstić information content (AvgIpc) is 2.66. The van der Waals surface area contributed by atoms with E-state index < -0.39 is 0 Å². The van der Waals surface area contributed by atoms with Crippen molar-refractivity contribution in [2.24, 2.45) is 0 Å². The van der Waals surface area contributed by atoms with E-state index in [1.807, 2.05) is 13.0 Å². The number of benzene rings is 1. The van der Waals surface area contributed by atoms with Crippen LogP contribution in [0.5, 0.6) is 0 Å². The summed E-state index contributed by atoms with van der Waals surface area (Å²) in [5.74, 6) is -0.0355. The number of halogens is 1. The van der Waals surface area contributed by atoms with Gasteiger partial charge in [-0.05, 0) is 30.7 Å². The summed E-state index contributed by atoms with van der Waals surface area (Å²) in [4.78, 5) is 0. The summed E-state index contributed by atoms with van der Waals surface area (Å²) < 4.78 is 14.3. The van der Waals surface area contributed by atoms with E-state index in [1.54, 1.807) is 12.1 Å². The van der Waals surface area contributed by atoms with E-state index in [-0.39, 0.29) is 11.6 Å². The summed E-state index contributed by atoms with van der Waals surface area (Å²) in [7, 11) is 0. The lowest BCUT2D eigenvalue weighted by Crippen LogP contribution is -2.02. The fraction of sp³-hybridized carbons (Fsp3) is 0.167. The highest BCUT2D eigenvalue weighted by Crippen LogP contribution is 2.20. The van der Waals surface area contributed by atoms with Gasteiger partial charge in [0.1, 0.15) is 23.3 Å². The molecule has 0 aliphatic carbocycles. The van der Waals surface area contributed by atoms with Crippen LogP contribution in [0.2, 0.25) is 0 Å². The Morgan fingerprint density at radius 2 is 2.06 bits per heavy atom. The zero-order chi connectivity index (χ0) is 12.4. The molecule has 1 aromatic heterocycles. The molecule has 1 aromatic carbocycles. The number of aryl methyl sites for hydroxylation is 1. The minimum absolute atomic E-state index is 0.288. The molecule has 0 atom stereocenters. The van der Waals surface area contributed by atoms with E-state index in [1.165, 1.54) is 16.8 Å². The number of nitrogens with zero attached hydrogens (tertiary/aromatic N) is 3. The van der Waals surface area contributed by atoms with Crippen LogP contribution < -0.4 is 5.73 Å². The van der Waals surface area contributed by atoms with Crippen molar-refractivity contribution in [3.05, 3.63) is 41.3 Å². The summed E-state index contributed by atoms with van der Waals surface area (Å²) in [6, 6.07) is 7.83. The minimum Gasteiger partial charge on any atom is -0.382 e. The molecule has 1 heterocycles. The molecule has 0 saturated heterocycles. The first-order valence-electron chi connectivity index (χ1n) is 5.20. The third kappa shape index (κ3) is 1.85. The van der Waals surface area contributed by atoms with Crippen LogP contribution in [-0.2, 0) is 6.42 Å². The molecule has 2 N–H and O–H groups in total. The van der Waals surface area contributed by atoms with Gasteiger partial charge in [0.2, 0.25) is 0 Å². The second-order valence-electron chi connectivity index (χ2n) is 3.56. The third-order valence-corrected chi connectivity index (χ3v) is 2.51. The summed E-state index contributed by atoms with van der Waals surface area (Å²) in [5.41, 5.74) is 7.52. The predicted molar refractivity (Wildman–Crippen MR) is 62.0 cm³/mol. The minimum atomic E-state index is -0.323. The SMILES string of the molecule is CCc1nn(-c2ccc(F)cc2)c(N)c1C#N. The molecule has 2 rings (SSSR count). The smallest absolute Gasteiger partial charge is 0.145 e. The fourth-order valence-electron chi connectivity index (χ4n) is 1.63. The van der Waals surface area contributed by atoms with Crippen LogP contribution in [0.4, 0.5) is 10.2 Å². The van der Waals surface area contributed by atoms with Crippen molar-refractivity contribution in [1.82, 2.24) is 9.78 Å². The fourth-order valence-corrected chi connectivity index (χ4v) is 1.63. The molecule has 0 radical (unpaired) electrons. The number of nitrogens with two attached hydrogens (primary N) is 1. The number of nitriles is 1. The highest BCUT2D eigenvalue weighted by atomic mass is 19.1. The van der Waals surface area contributed by atoms with Crippen molar-refractivity contribution in [1.29, 1.82) is 5.26 Å². The molecule has 0 spiro atoms. The van der Waals surface area contributed by atoms with Gasteiger partial charge in [0.25, 0.3) is 0 Å². The van der Waals surface area contributed by atoms with Crippen molar-refractivity contribution in [2.45, 2.75) is 13.3 Å². The Kier molecular flexibility index (Phi) is 2.79. The molecule has 86 valence electrons. The van der Waals surface area contributed by atoms with Crippen LogP contribution in [0.3, 0.4) is 0 Å².